The number of ketones is 1. The standard InChI is InChI=1S/C27H36NO9P/c1-2-3-4-11-18-33-26(30)17-16-25(29)19-28-27(31)34-22-37-38(32,35-20-23-12-7-5-8-13-23)36-21-24-14-9-6-10-15-24/h5-10,12-15H,2-4,11,16-22H2,1H3,(H,28,31). The average molecular weight is 550 g/mol. The summed E-state index contributed by atoms with van der Waals surface area (Å²) in [5.41, 5.74) is 1.49. The van der Waals surface area contributed by atoms with E-state index < -0.39 is 26.7 Å². The number of unbranched alkanes of at least 4 members (excludes halogenated alkanes) is 3. The molecule has 1 N–H and O–H groups in total. The van der Waals surface area contributed by atoms with Crippen molar-refractivity contribution in [2.24, 2.45) is 0 Å². The van der Waals surface area contributed by atoms with Gasteiger partial charge in [-0.2, -0.15) is 0 Å². The molecule has 38 heavy (non-hydrogen) atoms. The van der Waals surface area contributed by atoms with Crippen LogP contribution in [0.15, 0.2) is 60.7 Å². The third-order valence-corrected chi connectivity index (χ3v) is 6.48. The number of carbonyl (C=O) groups excluding carboxylic acids is 3. The van der Waals surface area contributed by atoms with Crippen molar-refractivity contribution in [3.05, 3.63) is 71.8 Å². The number of phosphoric ester groups is 1. The van der Waals surface area contributed by atoms with E-state index in [4.69, 9.17) is 23.0 Å². The molecule has 0 saturated carbocycles. The average Bonchev–Trinajstić information content (AvgIpc) is 2.94. The van der Waals surface area contributed by atoms with Crippen LogP contribution in [0.5, 0.6) is 0 Å². The molecule has 10 nitrogen and oxygen atoms in total. The molecule has 208 valence electrons. The molecule has 0 aliphatic carbocycles. The molecule has 0 aliphatic rings. The van der Waals surface area contributed by atoms with Crippen LogP contribution in [0.25, 0.3) is 0 Å². The maximum atomic E-state index is 13.1. The van der Waals surface area contributed by atoms with Crippen LogP contribution in [-0.4, -0.2) is 37.8 Å². The van der Waals surface area contributed by atoms with Crippen LogP contribution in [0.4, 0.5) is 4.79 Å². The third kappa shape index (κ3) is 14.0. The fraction of sp³-hybridized carbons (Fsp3) is 0.444. The van der Waals surface area contributed by atoms with Gasteiger partial charge in [0, 0.05) is 6.42 Å². The molecule has 0 unspecified atom stereocenters. The number of esters is 1. The Bertz CT molecular complexity index is 970. The van der Waals surface area contributed by atoms with Gasteiger partial charge in [0.25, 0.3) is 0 Å². The number of amides is 1. The van der Waals surface area contributed by atoms with Gasteiger partial charge in [-0.15, -0.1) is 0 Å². The van der Waals surface area contributed by atoms with Crippen LogP contribution in [0.1, 0.15) is 56.6 Å². The van der Waals surface area contributed by atoms with Gasteiger partial charge in [-0.05, 0) is 17.5 Å². The minimum Gasteiger partial charge on any atom is -0.466 e. The Hall–Kier alpha value is -3.04. The van der Waals surface area contributed by atoms with E-state index >= 15 is 0 Å². The van der Waals surface area contributed by atoms with Crippen molar-refractivity contribution >= 4 is 25.7 Å². The highest BCUT2D eigenvalue weighted by Crippen LogP contribution is 2.50. The number of benzene rings is 2. The molecule has 2 aromatic carbocycles. The van der Waals surface area contributed by atoms with Crippen molar-refractivity contribution in [3.8, 4) is 0 Å². The molecular formula is C27H36NO9P. The Kier molecular flexibility index (Phi) is 15.0. The van der Waals surface area contributed by atoms with Crippen LogP contribution in [0.2, 0.25) is 0 Å². The number of hydrogen-bond acceptors (Lipinski definition) is 9. The molecule has 0 aromatic heterocycles. The molecule has 0 radical (unpaired) electrons. The third-order valence-electron chi connectivity index (χ3n) is 5.16. The molecule has 0 heterocycles. The van der Waals surface area contributed by atoms with Crippen molar-refractivity contribution in [1.82, 2.24) is 5.32 Å². The van der Waals surface area contributed by atoms with Gasteiger partial charge in [0.2, 0.25) is 6.79 Å². The SMILES string of the molecule is CCCCCCOC(=O)CCC(=O)CNC(=O)OCOP(=O)(OCc1ccccc1)OCc1ccccc1. The van der Waals surface area contributed by atoms with Gasteiger partial charge in [0.15, 0.2) is 5.78 Å². The summed E-state index contributed by atoms with van der Waals surface area (Å²) in [5.74, 6) is -0.818. The molecule has 0 fully saturated rings. The van der Waals surface area contributed by atoms with E-state index in [0.29, 0.717) is 6.61 Å². The summed E-state index contributed by atoms with van der Waals surface area (Å²) in [4.78, 5) is 35.6. The molecule has 0 aliphatic heterocycles. The Labute approximate surface area is 223 Å². The zero-order valence-corrected chi connectivity index (χ0v) is 22.6. The zero-order valence-electron chi connectivity index (χ0n) is 21.7. The highest BCUT2D eigenvalue weighted by molar-refractivity contribution is 7.48. The number of phosphoric acid groups is 1. The molecular weight excluding hydrogens is 513 g/mol. The van der Waals surface area contributed by atoms with Gasteiger partial charge in [0.1, 0.15) is 0 Å². The van der Waals surface area contributed by atoms with Crippen LogP contribution in [-0.2, 0) is 50.4 Å². The first-order valence-corrected chi connectivity index (χ1v) is 14.1. The molecule has 2 aromatic rings. The first kappa shape index (κ1) is 31.2. The van der Waals surface area contributed by atoms with E-state index in [2.05, 4.69) is 12.2 Å². The topological polar surface area (TPSA) is 126 Å². The summed E-state index contributed by atoms with van der Waals surface area (Å²) in [6.07, 6.45) is 2.87. The van der Waals surface area contributed by atoms with Gasteiger partial charge in [0.05, 0.1) is 32.8 Å². The molecule has 0 saturated heterocycles. The van der Waals surface area contributed by atoms with Crippen LogP contribution >= 0.6 is 7.82 Å². The molecule has 11 heteroatoms. The summed E-state index contributed by atoms with van der Waals surface area (Å²) in [6.45, 7) is 1.27. The minimum atomic E-state index is -4.11. The second-order valence-corrected chi connectivity index (χ2v) is 9.99. The van der Waals surface area contributed by atoms with Crippen molar-refractivity contribution in [1.29, 1.82) is 0 Å². The minimum absolute atomic E-state index is 0.0468. The van der Waals surface area contributed by atoms with Crippen molar-refractivity contribution in [3.63, 3.8) is 0 Å². The fourth-order valence-corrected chi connectivity index (χ4v) is 4.07. The molecule has 0 bridgehead atoms. The van der Waals surface area contributed by atoms with E-state index in [0.717, 1.165) is 36.8 Å². The Morgan fingerprint density at radius 3 is 1.95 bits per heavy atom. The number of Topliss-reactive ketones (excluding diaryl/α,β-unsaturated/α-hetero) is 1. The predicted molar refractivity (Wildman–Crippen MR) is 140 cm³/mol. The summed E-state index contributed by atoms with van der Waals surface area (Å²) in [6, 6.07) is 18.1. The second-order valence-electron chi connectivity index (χ2n) is 8.32. The van der Waals surface area contributed by atoms with E-state index in [1.54, 1.807) is 24.3 Å². The summed E-state index contributed by atoms with van der Waals surface area (Å²) in [5, 5.41) is 2.26. The number of alkyl carbamates (subject to hydrolysis) is 1. The van der Waals surface area contributed by atoms with Gasteiger partial charge >= 0.3 is 19.9 Å². The highest BCUT2D eigenvalue weighted by atomic mass is 31.2. The highest BCUT2D eigenvalue weighted by Gasteiger charge is 2.28. The number of ether oxygens (including phenoxy) is 2. The van der Waals surface area contributed by atoms with Gasteiger partial charge in [-0.3, -0.25) is 18.6 Å². The first-order valence-electron chi connectivity index (χ1n) is 12.6. The maximum absolute atomic E-state index is 13.1. The quantitative estimate of drug-likeness (QED) is 0.102. The molecule has 0 spiro atoms. The maximum Gasteiger partial charge on any atom is 0.478 e. The van der Waals surface area contributed by atoms with Gasteiger partial charge in [-0.1, -0.05) is 86.8 Å². The van der Waals surface area contributed by atoms with Crippen LogP contribution in [0, 0.1) is 0 Å². The predicted octanol–water partition coefficient (Wildman–Crippen LogP) is 5.70. The van der Waals surface area contributed by atoms with Gasteiger partial charge in [-0.25, -0.2) is 13.9 Å². The Balaban J connectivity index is 1.70. The smallest absolute Gasteiger partial charge is 0.466 e. The number of hydrogen-bond donors (Lipinski definition) is 1. The van der Waals surface area contributed by atoms with E-state index in [1.165, 1.54) is 0 Å². The number of nitrogens with one attached hydrogen (secondary N) is 1. The van der Waals surface area contributed by atoms with E-state index in [9.17, 15) is 18.9 Å². The fourth-order valence-electron chi connectivity index (χ4n) is 3.05. The Morgan fingerprint density at radius 2 is 1.37 bits per heavy atom. The number of rotatable bonds is 19. The van der Waals surface area contributed by atoms with Gasteiger partial charge < -0.3 is 14.8 Å². The van der Waals surface area contributed by atoms with Crippen LogP contribution in [0.3, 0.4) is 0 Å². The summed E-state index contributed by atoms with van der Waals surface area (Å²) in [7, 11) is -4.11. The van der Waals surface area contributed by atoms with Crippen molar-refractivity contribution in [2.45, 2.75) is 58.7 Å². The van der Waals surface area contributed by atoms with E-state index in [1.807, 2.05) is 36.4 Å². The zero-order chi connectivity index (χ0) is 27.5. The van der Waals surface area contributed by atoms with Crippen molar-refractivity contribution < 1.29 is 42.0 Å². The summed E-state index contributed by atoms with van der Waals surface area (Å²) >= 11 is 0. The van der Waals surface area contributed by atoms with E-state index in [-0.39, 0.29) is 38.4 Å². The largest absolute Gasteiger partial charge is 0.478 e. The lowest BCUT2D eigenvalue weighted by Gasteiger charge is -2.18. The number of carbonyl (C=O) groups is 3. The second kappa shape index (κ2) is 18.3. The first-order chi connectivity index (χ1) is 18.4. The lowest BCUT2D eigenvalue weighted by Crippen LogP contribution is -2.30. The lowest BCUT2D eigenvalue weighted by molar-refractivity contribution is -0.144. The van der Waals surface area contributed by atoms with Crippen LogP contribution < -0.4 is 5.32 Å². The molecule has 2 rings (SSSR count). The molecule has 0 atom stereocenters. The monoisotopic (exact) mass is 549 g/mol. The Morgan fingerprint density at radius 1 is 0.763 bits per heavy atom. The molecule has 1 amide bonds. The summed E-state index contributed by atoms with van der Waals surface area (Å²) < 4.78 is 39.1. The van der Waals surface area contributed by atoms with Crippen molar-refractivity contribution in [2.75, 3.05) is 19.9 Å². The lowest BCUT2D eigenvalue weighted by atomic mass is 10.2. The normalized spacial score (nSPS) is 11.1.